The largest absolute Gasteiger partial charge is 0.492 e. The predicted octanol–water partition coefficient (Wildman–Crippen LogP) is 4.16. The summed E-state index contributed by atoms with van der Waals surface area (Å²) in [6, 6.07) is 8.78. The van der Waals surface area contributed by atoms with Crippen molar-refractivity contribution in [2.75, 3.05) is 6.61 Å². The zero-order chi connectivity index (χ0) is 16.9. The Kier molecular flexibility index (Phi) is 5.88. The average Bonchev–Trinajstić information content (AvgIpc) is 2.92. The number of aromatic nitrogens is 1. The van der Waals surface area contributed by atoms with Gasteiger partial charge in [-0.05, 0) is 38.8 Å². The summed E-state index contributed by atoms with van der Waals surface area (Å²) >= 11 is 0. The maximum Gasteiger partial charge on any atom is 0.267 e. The first-order chi connectivity index (χ1) is 11.0. The second-order valence-electron chi connectivity index (χ2n) is 5.67. The van der Waals surface area contributed by atoms with Gasteiger partial charge in [0.1, 0.15) is 5.75 Å². The van der Waals surface area contributed by atoms with Crippen molar-refractivity contribution in [1.29, 1.82) is 0 Å². The Morgan fingerprint density at radius 3 is 2.39 bits per heavy atom. The van der Waals surface area contributed by atoms with Gasteiger partial charge < -0.3 is 4.74 Å². The van der Waals surface area contributed by atoms with Gasteiger partial charge in [0.05, 0.1) is 17.7 Å². The van der Waals surface area contributed by atoms with Crippen LogP contribution < -0.4 is 4.74 Å². The monoisotopic (exact) mass is 335 g/mol. The molecule has 2 aromatic rings. The number of hydrogen-bond acceptors (Lipinski definition) is 3. The van der Waals surface area contributed by atoms with Gasteiger partial charge >= 0.3 is 0 Å². The van der Waals surface area contributed by atoms with E-state index in [1.165, 1.54) is 3.97 Å². The molecular weight excluding hydrogens is 310 g/mol. The minimum atomic E-state index is -3.58. The SMILES string of the molecule is CCCCCc1cc(OCC)cn1S(=O)(=O)c1ccc(C)cc1. The normalized spacial score (nSPS) is 11.6. The Morgan fingerprint density at radius 1 is 1.09 bits per heavy atom. The Balaban J connectivity index is 2.40. The lowest BCUT2D eigenvalue weighted by molar-refractivity contribution is 0.340. The highest BCUT2D eigenvalue weighted by Crippen LogP contribution is 2.24. The molecule has 0 saturated carbocycles. The Bertz CT molecular complexity index is 730. The fourth-order valence-corrected chi connectivity index (χ4v) is 3.90. The molecule has 0 spiro atoms. The minimum Gasteiger partial charge on any atom is -0.492 e. The summed E-state index contributed by atoms with van der Waals surface area (Å²) in [5.74, 6) is 0.606. The summed E-state index contributed by atoms with van der Waals surface area (Å²) in [7, 11) is -3.58. The number of aryl methyl sites for hydroxylation is 2. The lowest BCUT2D eigenvalue weighted by Crippen LogP contribution is -2.15. The van der Waals surface area contributed by atoms with Crippen molar-refractivity contribution in [2.45, 2.75) is 51.3 Å². The Labute approximate surface area is 139 Å². The summed E-state index contributed by atoms with van der Waals surface area (Å²) in [4.78, 5) is 0.304. The van der Waals surface area contributed by atoms with Crippen LogP contribution in [0.25, 0.3) is 0 Å². The number of unbranched alkanes of at least 4 members (excludes halogenated alkanes) is 2. The smallest absolute Gasteiger partial charge is 0.267 e. The fraction of sp³-hybridized carbons (Fsp3) is 0.444. The lowest BCUT2D eigenvalue weighted by atomic mass is 10.2. The van der Waals surface area contributed by atoms with Crippen molar-refractivity contribution in [2.24, 2.45) is 0 Å². The van der Waals surface area contributed by atoms with E-state index in [0.29, 0.717) is 17.3 Å². The van der Waals surface area contributed by atoms with Gasteiger partial charge in [0, 0.05) is 11.8 Å². The molecule has 4 nitrogen and oxygen atoms in total. The molecule has 0 amide bonds. The molecule has 0 fully saturated rings. The van der Waals surface area contributed by atoms with Gasteiger partial charge in [-0.2, -0.15) is 0 Å². The number of rotatable bonds is 8. The summed E-state index contributed by atoms with van der Waals surface area (Å²) in [5, 5.41) is 0. The molecule has 1 aromatic carbocycles. The highest BCUT2D eigenvalue weighted by atomic mass is 32.2. The average molecular weight is 335 g/mol. The van der Waals surface area contributed by atoms with Gasteiger partial charge in [-0.1, -0.05) is 37.5 Å². The first-order valence-electron chi connectivity index (χ1n) is 8.15. The molecule has 0 saturated heterocycles. The van der Waals surface area contributed by atoms with E-state index in [0.717, 1.165) is 36.9 Å². The highest BCUT2D eigenvalue weighted by Gasteiger charge is 2.21. The van der Waals surface area contributed by atoms with Gasteiger partial charge in [-0.3, -0.25) is 0 Å². The molecular formula is C18H25NO3S. The summed E-state index contributed by atoms with van der Waals surface area (Å²) in [6.45, 7) is 6.48. The molecule has 23 heavy (non-hydrogen) atoms. The van der Waals surface area contributed by atoms with E-state index in [1.807, 2.05) is 32.0 Å². The molecule has 0 atom stereocenters. The van der Waals surface area contributed by atoms with Crippen molar-refractivity contribution in [3.8, 4) is 5.75 Å². The zero-order valence-corrected chi connectivity index (χ0v) is 14.9. The standard InChI is InChI=1S/C18H25NO3S/c1-4-6-7-8-16-13-17(22-5-2)14-19(16)23(20,21)18-11-9-15(3)10-12-18/h9-14H,4-8H2,1-3H3. The van der Waals surface area contributed by atoms with E-state index in [2.05, 4.69) is 6.92 Å². The van der Waals surface area contributed by atoms with Gasteiger partial charge in [-0.15, -0.1) is 0 Å². The van der Waals surface area contributed by atoms with Crippen LogP contribution in [-0.2, 0) is 16.4 Å². The van der Waals surface area contributed by atoms with Gasteiger partial charge in [-0.25, -0.2) is 12.4 Å². The van der Waals surface area contributed by atoms with Crippen LogP contribution in [-0.4, -0.2) is 19.0 Å². The molecule has 2 rings (SSSR count). The third-order valence-electron chi connectivity index (χ3n) is 3.76. The van der Waals surface area contributed by atoms with Crippen LogP contribution in [0.4, 0.5) is 0 Å². The molecule has 0 aliphatic rings. The van der Waals surface area contributed by atoms with Crippen LogP contribution in [0.5, 0.6) is 5.75 Å². The minimum absolute atomic E-state index is 0.304. The third kappa shape index (κ3) is 4.16. The second-order valence-corrected chi connectivity index (χ2v) is 7.49. The van der Waals surface area contributed by atoms with Gasteiger partial charge in [0.15, 0.2) is 0 Å². The van der Waals surface area contributed by atoms with Crippen LogP contribution in [0.2, 0.25) is 0 Å². The molecule has 0 aliphatic heterocycles. The van der Waals surface area contributed by atoms with Crippen LogP contribution in [0, 0.1) is 6.92 Å². The Hall–Kier alpha value is -1.75. The predicted molar refractivity (Wildman–Crippen MR) is 92.6 cm³/mol. The van der Waals surface area contributed by atoms with E-state index in [9.17, 15) is 8.42 Å². The Morgan fingerprint density at radius 2 is 1.78 bits per heavy atom. The molecule has 1 heterocycles. The quantitative estimate of drug-likeness (QED) is 0.680. The first kappa shape index (κ1) is 17.6. The van der Waals surface area contributed by atoms with Crippen molar-refractivity contribution in [3.63, 3.8) is 0 Å². The van der Waals surface area contributed by atoms with Crippen LogP contribution in [0.1, 0.15) is 44.4 Å². The fourth-order valence-electron chi connectivity index (χ4n) is 2.50. The van der Waals surface area contributed by atoms with Crippen molar-refractivity contribution in [3.05, 3.63) is 47.8 Å². The number of nitrogens with zero attached hydrogens (tertiary/aromatic N) is 1. The molecule has 126 valence electrons. The molecule has 0 radical (unpaired) electrons. The van der Waals surface area contributed by atoms with Crippen LogP contribution in [0.15, 0.2) is 41.4 Å². The van der Waals surface area contributed by atoms with Gasteiger partial charge in [0.25, 0.3) is 10.0 Å². The van der Waals surface area contributed by atoms with E-state index in [4.69, 9.17) is 4.74 Å². The van der Waals surface area contributed by atoms with Crippen LogP contribution >= 0.6 is 0 Å². The zero-order valence-electron chi connectivity index (χ0n) is 14.1. The van der Waals surface area contributed by atoms with Crippen molar-refractivity contribution in [1.82, 2.24) is 3.97 Å². The summed E-state index contributed by atoms with van der Waals surface area (Å²) < 4.78 is 32.7. The lowest BCUT2D eigenvalue weighted by Gasteiger charge is -2.10. The second kappa shape index (κ2) is 7.68. The van der Waals surface area contributed by atoms with Crippen LogP contribution in [0.3, 0.4) is 0 Å². The maximum absolute atomic E-state index is 12.9. The van der Waals surface area contributed by atoms with E-state index in [1.54, 1.807) is 18.3 Å². The molecule has 0 aliphatic carbocycles. The first-order valence-corrected chi connectivity index (χ1v) is 9.59. The van der Waals surface area contributed by atoms with Crippen molar-refractivity contribution >= 4 is 10.0 Å². The van der Waals surface area contributed by atoms with E-state index in [-0.39, 0.29) is 0 Å². The molecule has 0 bridgehead atoms. The number of benzene rings is 1. The number of hydrogen-bond donors (Lipinski definition) is 0. The van der Waals surface area contributed by atoms with E-state index >= 15 is 0 Å². The topological polar surface area (TPSA) is 48.3 Å². The summed E-state index contributed by atoms with van der Waals surface area (Å²) in [5.41, 5.74) is 1.82. The van der Waals surface area contributed by atoms with E-state index < -0.39 is 10.0 Å². The van der Waals surface area contributed by atoms with Gasteiger partial charge in [0.2, 0.25) is 0 Å². The molecule has 0 unspecified atom stereocenters. The maximum atomic E-state index is 12.9. The highest BCUT2D eigenvalue weighted by molar-refractivity contribution is 7.90. The number of ether oxygens (including phenoxy) is 1. The molecule has 1 aromatic heterocycles. The summed E-state index contributed by atoms with van der Waals surface area (Å²) in [6.07, 6.45) is 5.46. The molecule has 0 N–H and O–H groups in total. The van der Waals surface area contributed by atoms with Crippen molar-refractivity contribution < 1.29 is 13.2 Å². The third-order valence-corrected chi connectivity index (χ3v) is 5.49. The molecule has 5 heteroatoms.